The highest BCUT2D eigenvalue weighted by Crippen LogP contribution is 2.23. The molecular formula is C10H15N3O4. The van der Waals surface area contributed by atoms with E-state index in [9.17, 15) is 4.79 Å². The third-order valence-corrected chi connectivity index (χ3v) is 2.68. The summed E-state index contributed by atoms with van der Waals surface area (Å²) in [4.78, 5) is 12.9. The van der Waals surface area contributed by atoms with Crippen molar-refractivity contribution in [2.24, 2.45) is 5.73 Å². The lowest BCUT2D eigenvalue weighted by atomic mass is 10.2. The Bertz CT molecular complexity index is 369. The summed E-state index contributed by atoms with van der Waals surface area (Å²) in [5.41, 5.74) is 6.07. The first-order chi connectivity index (χ1) is 8.15. The van der Waals surface area contributed by atoms with Crippen molar-refractivity contribution in [3.8, 4) is 0 Å². The van der Waals surface area contributed by atoms with Crippen LogP contribution in [0.4, 0.5) is 4.79 Å². The molecule has 5 N–H and O–H groups in total. The van der Waals surface area contributed by atoms with Gasteiger partial charge in [-0.25, -0.2) is 4.79 Å². The summed E-state index contributed by atoms with van der Waals surface area (Å²) in [7, 11) is 0. The fourth-order valence-corrected chi connectivity index (χ4v) is 1.76. The Hall–Kier alpha value is -1.41. The number of carbonyl (C=O) groups excluding carboxylic acids is 1. The van der Waals surface area contributed by atoms with Gasteiger partial charge in [0, 0.05) is 6.20 Å². The van der Waals surface area contributed by atoms with E-state index in [0.717, 1.165) is 0 Å². The van der Waals surface area contributed by atoms with Crippen LogP contribution in [0.2, 0.25) is 0 Å². The van der Waals surface area contributed by atoms with Gasteiger partial charge >= 0.3 is 6.03 Å². The SMILES string of the molecule is NC1C=CN([C@@H]2C=C(CO)[C@@H](CO)O2)C(=O)N1. The smallest absolute Gasteiger partial charge is 0.325 e. The van der Waals surface area contributed by atoms with Crippen molar-refractivity contribution in [2.75, 3.05) is 13.2 Å². The standard InChI is InChI=1S/C10H15N3O4/c11-8-1-2-13(10(16)12-8)9-3-6(4-14)7(5-15)17-9/h1-3,7-9,14-15H,4-5,11H2,(H,12,16)/t7-,8?,9+/m1/s1. The predicted molar refractivity (Wildman–Crippen MR) is 58.4 cm³/mol. The van der Waals surface area contributed by atoms with Crippen molar-refractivity contribution < 1.29 is 19.7 Å². The molecule has 94 valence electrons. The molecule has 0 aliphatic carbocycles. The number of aliphatic hydroxyl groups excluding tert-OH is 2. The second kappa shape index (κ2) is 4.84. The molecule has 7 nitrogen and oxygen atoms in total. The average molecular weight is 241 g/mol. The molecule has 2 aliphatic rings. The molecule has 2 rings (SSSR count). The molecule has 2 aliphatic heterocycles. The number of amides is 2. The molecule has 0 spiro atoms. The van der Waals surface area contributed by atoms with Gasteiger partial charge in [-0.2, -0.15) is 0 Å². The van der Waals surface area contributed by atoms with Crippen LogP contribution in [-0.2, 0) is 4.74 Å². The maximum Gasteiger partial charge on any atom is 0.325 e. The summed E-state index contributed by atoms with van der Waals surface area (Å²) in [5.74, 6) is 0. The summed E-state index contributed by atoms with van der Waals surface area (Å²) in [5, 5.41) is 20.6. The number of ether oxygens (including phenoxy) is 1. The third-order valence-electron chi connectivity index (χ3n) is 2.68. The van der Waals surface area contributed by atoms with E-state index in [1.165, 1.54) is 11.1 Å². The second-order valence-corrected chi connectivity index (χ2v) is 3.82. The van der Waals surface area contributed by atoms with Crippen molar-refractivity contribution >= 4 is 6.03 Å². The molecule has 0 saturated heterocycles. The Morgan fingerprint density at radius 3 is 2.82 bits per heavy atom. The van der Waals surface area contributed by atoms with Crippen LogP contribution >= 0.6 is 0 Å². The molecule has 0 fully saturated rings. The van der Waals surface area contributed by atoms with Crippen LogP contribution in [0.5, 0.6) is 0 Å². The maximum absolute atomic E-state index is 11.6. The molecular weight excluding hydrogens is 226 g/mol. The molecule has 0 saturated carbocycles. The van der Waals surface area contributed by atoms with Gasteiger partial charge in [0.05, 0.1) is 19.4 Å². The number of carbonyl (C=O) groups is 1. The minimum atomic E-state index is -0.627. The Morgan fingerprint density at radius 1 is 1.53 bits per heavy atom. The van der Waals surface area contributed by atoms with Gasteiger partial charge in [0.1, 0.15) is 6.10 Å². The molecule has 1 unspecified atom stereocenters. The van der Waals surface area contributed by atoms with Crippen molar-refractivity contribution in [1.82, 2.24) is 10.2 Å². The lowest BCUT2D eigenvalue weighted by Gasteiger charge is -2.29. The monoisotopic (exact) mass is 241 g/mol. The van der Waals surface area contributed by atoms with Gasteiger partial charge in [0.25, 0.3) is 0 Å². The van der Waals surface area contributed by atoms with E-state index < -0.39 is 18.5 Å². The summed E-state index contributed by atoms with van der Waals surface area (Å²) in [6.07, 6.45) is 3.06. The zero-order valence-electron chi connectivity index (χ0n) is 9.11. The number of hydrogen-bond acceptors (Lipinski definition) is 5. The number of urea groups is 1. The van der Waals surface area contributed by atoms with E-state index in [1.54, 1.807) is 12.2 Å². The summed E-state index contributed by atoms with van der Waals surface area (Å²) < 4.78 is 5.43. The highest BCUT2D eigenvalue weighted by molar-refractivity contribution is 5.77. The van der Waals surface area contributed by atoms with Gasteiger partial charge in [0.2, 0.25) is 0 Å². The van der Waals surface area contributed by atoms with E-state index in [-0.39, 0.29) is 19.2 Å². The van der Waals surface area contributed by atoms with Gasteiger partial charge in [-0.3, -0.25) is 4.90 Å². The largest absolute Gasteiger partial charge is 0.393 e. The summed E-state index contributed by atoms with van der Waals surface area (Å²) in [6, 6.07) is -0.378. The average Bonchev–Trinajstić information content (AvgIpc) is 2.72. The van der Waals surface area contributed by atoms with Crippen LogP contribution in [0.1, 0.15) is 0 Å². The molecule has 0 radical (unpaired) electrons. The molecule has 0 aromatic rings. The van der Waals surface area contributed by atoms with E-state index in [2.05, 4.69) is 5.32 Å². The number of nitrogens with one attached hydrogen (secondary N) is 1. The summed E-state index contributed by atoms with van der Waals surface area (Å²) >= 11 is 0. The number of aliphatic hydroxyl groups is 2. The normalized spacial score (nSPS) is 32.6. The van der Waals surface area contributed by atoms with E-state index in [1.807, 2.05) is 0 Å². The Labute approximate surface area is 98.1 Å². The lowest BCUT2D eigenvalue weighted by molar-refractivity contribution is -0.0288. The number of rotatable bonds is 3. The van der Waals surface area contributed by atoms with Crippen LogP contribution in [0, 0.1) is 0 Å². The Kier molecular flexibility index (Phi) is 3.43. The summed E-state index contributed by atoms with van der Waals surface area (Å²) in [6.45, 7) is -0.442. The minimum Gasteiger partial charge on any atom is -0.393 e. The first-order valence-electron chi connectivity index (χ1n) is 5.26. The zero-order valence-corrected chi connectivity index (χ0v) is 9.11. The lowest BCUT2D eigenvalue weighted by Crippen LogP contribution is -2.52. The van der Waals surface area contributed by atoms with Crippen LogP contribution in [0.25, 0.3) is 0 Å². The maximum atomic E-state index is 11.6. The van der Waals surface area contributed by atoms with Crippen LogP contribution < -0.4 is 11.1 Å². The van der Waals surface area contributed by atoms with Crippen molar-refractivity contribution in [1.29, 1.82) is 0 Å². The Morgan fingerprint density at radius 2 is 2.29 bits per heavy atom. The fraction of sp³-hybridized carbons (Fsp3) is 0.500. The molecule has 7 heteroatoms. The first-order valence-corrected chi connectivity index (χ1v) is 5.26. The number of hydrogen-bond donors (Lipinski definition) is 4. The van der Waals surface area contributed by atoms with Gasteiger partial charge < -0.3 is 26.0 Å². The molecule has 0 bridgehead atoms. The minimum absolute atomic E-state index is 0.208. The highest BCUT2D eigenvalue weighted by Gasteiger charge is 2.33. The van der Waals surface area contributed by atoms with Crippen molar-refractivity contribution in [2.45, 2.75) is 18.5 Å². The molecule has 17 heavy (non-hydrogen) atoms. The van der Waals surface area contributed by atoms with Crippen molar-refractivity contribution in [3.63, 3.8) is 0 Å². The zero-order chi connectivity index (χ0) is 12.4. The topological polar surface area (TPSA) is 108 Å². The van der Waals surface area contributed by atoms with Crippen molar-refractivity contribution in [3.05, 3.63) is 23.9 Å². The molecule has 3 atom stereocenters. The molecule has 0 aromatic carbocycles. The second-order valence-electron chi connectivity index (χ2n) is 3.82. The van der Waals surface area contributed by atoms with Gasteiger partial charge in [-0.15, -0.1) is 0 Å². The highest BCUT2D eigenvalue weighted by atomic mass is 16.5. The van der Waals surface area contributed by atoms with E-state index in [0.29, 0.717) is 5.57 Å². The molecule has 2 amide bonds. The van der Waals surface area contributed by atoms with Gasteiger partial charge in [-0.05, 0) is 17.7 Å². The number of nitrogens with zero attached hydrogens (tertiary/aromatic N) is 1. The molecule has 2 heterocycles. The van der Waals surface area contributed by atoms with Gasteiger partial charge in [-0.1, -0.05) is 0 Å². The van der Waals surface area contributed by atoms with E-state index >= 15 is 0 Å². The number of nitrogens with two attached hydrogens (primary N) is 1. The quantitative estimate of drug-likeness (QED) is 0.447. The van der Waals surface area contributed by atoms with Crippen LogP contribution in [0.3, 0.4) is 0 Å². The Balaban J connectivity index is 2.12. The van der Waals surface area contributed by atoms with Crippen LogP contribution in [0.15, 0.2) is 23.9 Å². The fourth-order valence-electron chi connectivity index (χ4n) is 1.76. The van der Waals surface area contributed by atoms with Crippen LogP contribution in [-0.4, -0.2) is 52.9 Å². The third kappa shape index (κ3) is 2.32. The van der Waals surface area contributed by atoms with E-state index in [4.69, 9.17) is 20.7 Å². The molecule has 0 aromatic heterocycles. The first kappa shape index (κ1) is 12.1. The van der Waals surface area contributed by atoms with Gasteiger partial charge in [0.15, 0.2) is 6.23 Å². The predicted octanol–water partition coefficient (Wildman–Crippen LogP) is -1.55.